The highest BCUT2D eigenvalue weighted by Crippen LogP contribution is 2.36. The molecule has 0 spiro atoms. The van der Waals surface area contributed by atoms with Gasteiger partial charge in [-0.1, -0.05) is 41.7 Å². The van der Waals surface area contributed by atoms with Crippen molar-refractivity contribution in [2.24, 2.45) is 4.99 Å². The summed E-state index contributed by atoms with van der Waals surface area (Å²) in [6, 6.07) is 13.6. The average Bonchev–Trinajstić information content (AvgIpc) is 3.16. The molecule has 24 heavy (non-hydrogen) atoms. The topological polar surface area (TPSA) is 52.8 Å². The van der Waals surface area contributed by atoms with Crippen LogP contribution in [-0.4, -0.2) is 17.3 Å². The molecule has 0 radical (unpaired) electrons. The zero-order chi connectivity index (χ0) is 16.5. The minimum atomic E-state index is -0.144. The highest BCUT2D eigenvalue weighted by Gasteiger charge is 2.17. The number of amides is 1. The number of hydrogen-bond acceptors (Lipinski definition) is 4. The smallest absolute Gasteiger partial charge is 0.252 e. The van der Waals surface area contributed by atoms with Gasteiger partial charge in [0.2, 0.25) is 6.79 Å². The number of benzene rings is 2. The van der Waals surface area contributed by atoms with Crippen LogP contribution in [-0.2, 0) is 17.8 Å². The number of fused-ring (bicyclic) bond motifs is 2. The summed E-state index contributed by atoms with van der Waals surface area (Å²) >= 11 is 1.49. The molecule has 0 bridgehead atoms. The quantitative estimate of drug-likeness (QED) is 0.736. The Bertz CT molecular complexity index is 973. The van der Waals surface area contributed by atoms with Gasteiger partial charge in [-0.3, -0.25) is 4.79 Å². The zero-order valence-corrected chi connectivity index (χ0v) is 14.0. The molecule has 2 aromatic carbocycles. The van der Waals surface area contributed by atoms with Crippen LogP contribution in [0.5, 0.6) is 11.5 Å². The van der Waals surface area contributed by atoms with Crippen molar-refractivity contribution in [2.45, 2.75) is 19.9 Å². The summed E-state index contributed by atoms with van der Waals surface area (Å²) in [7, 11) is 0. The summed E-state index contributed by atoms with van der Waals surface area (Å²) < 4.78 is 13.9. The fraction of sp³-hybridized carbons (Fsp3) is 0.222. The highest BCUT2D eigenvalue weighted by atomic mass is 32.1. The third-order valence-corrected chi connectivity index (χ3v) is 4.95. The van der Waals surface area contributed by atoms with Crippen LogP contribution in [0.3, 0.4) is 0 Å². The van der Waals surface area contributed by atoms with Crippen LogP contribution in [0.25, 0.3) is 10.2 Å². The number of carbonyl (C=O) groups excluding carboxylic acids is 1. The van der Waals surface area contributed by atoms with Crippen LogP contribution in [0.2, 0.25) is 0 Å². The molecule has 0 unspecified atom stereocenters. The van der Waals surface area contributed by atoms with Crippen molar-refractivity contribution in [3.63, 3.8) is 0 Å². The number of aryl methyl sites for hydroxylation is 1. The van der Waals surface area contributed by atoms with E-state index in [-0.39, 0.29) is 12.7 Å². The van der Waals surface area contributed by atoms with Crippen LogP contribution in [0, 0.1) is 0 Å². The van der Waals surface area contributed by atoms with Crippen LogP contribution >= 0.6 is 11.3 Å². The molecule has 1 amide bonds. The van der Waals surface area contributed by atoms with Gasteiger partial charge in [-0.25, -0.2) is 0 Å². The first-order valence-electron chi connectivity index (χ1n) is 7.79. The molecule has 0 fully saturated rings. The minimum Gasteiger partial charge on any atom is -0.454 e. The second-order valence-electron chi connectivity index (χ2n) is 5.47. The average molecular weight is 340 g/mol. The second kappa shape index (κ2) is 6.13. The fourth-order valence-corrected chi connectivity index (χ4v) is 3.89. The molecule has 122 valence electrons. The van der Waals surface area contributed by atoms with E-state index in [9.17, 15) is 4.79 Å². The van der Waals surface area contributed by atoms with E-state index < -0.39 is 0 Å². The van der Waals surface area contributed by atoms with E-state index >= 15 is 0 Å². The maximum absolute atomic E-state index is 12.3. The monoisotopic (exact) mass is 340 g/mol. The summed E-state index contributed by atoms with van der Waals surface area (Å²) in [5.74, 6) is 1.34. The first-order chi connectivity index (χ1) is 11.7. The van der Waals surface area contributed by atoms with Gasteiger partial charge in [-0.15, -0.1) is 0 Å². The van der Waals surface area contributed by atoms with Crippen molar-refractivity contribution in [1.82, 2.24) is 4.57 Å². The Balaban J connectivity index is 1.74. The standard InChI is InChI=1S/C18H16N2O3S/c1-2-20-13-9-14-15(23-11-22-14)10-16(13)24-18(20)19-17(21)8-12-6-4-3-5-7-12/h3-7,9-10H,2,8,11H2,1H3. The van der Waals surface area contributed by atoms with Gasteiger partial charge in [0, 0.05) is 18.7 Å². The normalized spacial score (nSPS) is 13.6. The molecule has 5 nitrogen and oxygen atoms in total. The summed E-state index contributed by atoms with van der Waals surface area (Å²) in [4.78, 5) is 17.3. The van der Waals surface area contributed by atoms with Crippen molar-refractivity contribution in [2.75, 3.05) is 6.79 Å². The SMILES string of the molecule is CCn1c(=NC(=O)Cc2ccccc2)sc2cc3c(cc21)OCO3. The third kappa shape index (κ3) is 2.69. The number of nitrogens with zero attached hydrogens (tertiary/aromatic N) is 2. The lowest BCUT2D eigenvalue weighted by Gasteiger charge is -2.01. The molecule has 2 heterocycles. The van der Waals surface area contributed by atoms with Gasteiger partial charge in [0.15, 0.2) is 16.3 Å². The summed E-state index contributed by atoms with van der Waals surface area (Å²) in [5, 5.41) is 0. The Kier molecular flexibility index (Phi) is 3.82. The van der Waals surface area contributed by atoms with Gasteiger partial charge in [-0.05, 0) is 12.5 Å². The molecule has 4 rings (SSSR count). The minimum absolute atomic E-state index is 0.144. The van der Waals surface area contributed by atoms with Crippen LogP contribution in [0.4, 0.5) is 0 Å². The zero-order valence-electron chi connectivity index (χ0n) is 13.2. The lowest BCUT2D eigenvalue weighted by molar-refractivity contribution is -0.117. The van der Waals surface area contributed by atoms with E-state index in [1.54, 1.807) is 0 Å². The predicted octanol–water partition coefficient (Wildman–Crippen LogP) is 3.12. The summed E-state index contributed by atoms with van der Waals surface area (Å²) in [5.41, 5.74) is 1.98. The number of aromatic nitrogens is 1. The van der Waals surface area contributed by atoms with Crippen LogP contribution in [0.15, 0.2) is 47.5 Å². The van der Waals surface area contributed by atoms with E-state index in [1.807, 2.05) is 54.0 Å². The molecule has 0 saturated heterocycles. The number of hydrogen-bond donors (Lipinski definition) is 0. The maximum Gasteiger partial charge on any atom is 0.252 e. The van der Waals surface area contributed by atoms with Crippen LogP contribution in [0.1, 0.15) is 12.5 Å². The van der Waals surface area contributed by atoms with E-state index in [0.717, 1.165) is 33.8 Å². The third-order valence-electron chi connectivity index (χ3n) is 3.91. The van der Waals surface area contributed by atoms with E-state index in [4.69, 9.17) is 9.47 Å². The Hall–Kier alpha value is -2.60. The van der Waals surface area contributed by atoms with E-state index in [1.165, 1.54) is 11.3 Å². The highest BCUT2D eigenvalue weighted by molar-refractivity contribution is 7.16. The Morgan fingerprint density at radius 3 is 2.71 bits per heavy atom. The molecule has 0 N–H and O–H groups in total. The number of ether oxygens (including phenoxy) is 2. The number of rotatable bonds is 3. The van der Waals surface area contributed by atoms with Crippen LogP contribution < -0.4 is 14.3 Å². The molecular weight excluding hydrogens is 324 g/mol. The molecule has 0 aliphatic carbocycles. The fourth-order valence-electron chi connectivity index (χ4n) is 2.77. The Morgan fingerprint density at radius 1 is 1.21 bits per heavy atom. The summed E-state index contributed by atoms with van der Waals surface area (Å²) in [6.07, 6.45) is 0.307. The molecule has 1 aromatic heterocycles. The lowest BCUT2D eigenvalue weighted by Crippen LogP contribution is -2.16. The van der Waals surface area contributed by atoms with Crippen molar-refractivity contribution in [3.05, 3.63) is 52.8 Å². The van der Waals surface area contributed by atoms with Gasteiger partial charge in [0.05, 0.1) is 16.6 Å². The molecular formula is C18H16N2O3S. The van der Waals surface area contributed by atoms with Gasteiger partial charge >= 0.3 is 0 Å². The first kappa shape index (κ1) is 15.0. The molecule has 1 aliphatic rings. The molecule has 3 aromatic rings. The van der Waals surface area contributed by atoms with Crippen molar-refractivity contribution < 1.29 is 14.3 Å². The summed E-state index contributed by atoms with van der Waals surface area (Å²) in [6.45, 7) is 3.03. The van der Waals surface area contributed by atoms with Gasteiger partial charge in [0.1, 0.15) is 0 Å². The molecule has 1 aliphatic heterocycles. The number of thiazole rings is 1. The molecule has 0 atom stereocenters. The van der Waals surface area contributed by atoms with E-state index in [0.29, 0.717) is 11.2 Å². The Labute approximate surface area is 142 Å². The van der Waals surface area contributed by atoms with E-state index in [2.05, 4.69) is 4.99 Å². The Morgan fingerprint density at radius 2 is 1.96 bits per heavy atom. The predicted molar refractivity (Wildman–Crippen MR) is 92.3 cm³/mol. The van der Waals surface area contributed by atoms with Crippen molar-refractivity contribution in [1.29, 1.82) is 0 Å². The van der Waals surface area contributed by atoms with Gasteiger partial charge in [-0.2, -0.15) is 4.99 Å². The second-order valence-corrected chi connectivity index (χ2v) is 6.48. The van der Waals surface area contributed by atoms with Gasteiger partial charge in [0.25, 0.3) is 5.91 Å². The first-order valence-corrected chi connectivity index (χ1v) is 8.60. The van der Waals surface area contributed by atoms with Crippen molar-refractivity contribution >= 4 is 27.5 Å². The molecule has 0 saturated carbocycles. The van der Waals surface area contributed by atoms with Crippen molar-refractivity contribution in [3.8, 4) is 11.5 Å². The lowest BCUT2D eigenvalue weighted by atomic mass is 10.1. The maximum atomic E-state index is 12.3. The largest absolute Gasteiger partial charge is 0.454 e. The number of carbonyl (C=O) groups is 1. The molecule has 6 heteroatoms. The van der Waals surface area contributed by atoms with Gasteiger partial charge < -0.3 is 14.0 Å².